The summed E-state index contributed by atoms with van der Waals surface area (Å²) < 4.78 is 11.5. The Labute approximate surface area is 218 Å². The highest BCUT2D eigenvalue weighted by Gasteiger charge is 2.37. The van der Waals surface area contributed by atoms with Crippen LogP contribution >= 0.6 is 0 Å². The highest BCUT2D eigenvalue weighted by atomic mass is 16.6. The highest BCUT2D eigenvalue weighted by molar-refractivity contribution is 6.16. The van der Waals surface area contributed by atoms with Crippen LogP contribution in [0, 0.1) is 5.92 Å². The van der Waals surface area contributed by atoms with E-state index >= 15 is 0 Å². The Morgan fingerprint density at radius 3 is 2.41 bits per heavy atom. The van der Waals surface area contributed by atoms with E-state index in [1.165, 1.54) is 27.5 Å². The van der Waals surface area contributed by atoms with Crippen LogP contribution in [-0.4, -0.2) is 18.8 Å². The smallest absolute Gasteiger partial charge is 0.419 e. The number of hydrogen-bond acceptors (Lipinski definition) is 3. The molecule has 1 heterocycles. The molecule has 0 unspecified atom stereocenters. The largest absolute Gasteiger partial charge is 0.497 e. The number of methoxy groups -OCH3 is 1. The van der Waals surface area contributed by atoms with Crippen molar-refractivity contribution in [3.8, 4) is 5.75 Å². The number of allylic oxidation sites excluding steroid dienone is 1. The van der Waals surface area contributed by atoms with Gasteiger partial charge in [0, 0.05) is 11.1 Å². The van der Waals surface area contributed by atoms with E-state index in [0.717, 1.165) is 40.2 Å². The summed E-state index contributed by atoms with van der Waals surface area (Å²) in [6.07, 6.45) is 0.594. The molecule has 0 saturated heterocycles. The third-order valence-electron chi connectivity index (χ3n) is 7.28. The van der Waals surface area contributed by atoms with Gasteiger partial charge in [-0.05, 0) is 90.4 Å². The molecule has 1 aliphatic heterocycles. The van der Waals surface area contributed by atoms with E-state index in [9.17, 15) is 4.79 Å². The van der Waals surface area contributed by atoms with Crippen molar-refractivity contribution >= 4 is 39.4 Å². The molecular weight excluding hydrogens is 458 g/mol. The SMILES string of the molecule is COc1ccc2c(c1)/C(=C1\c3c(ccc4ccccc34)C[C@H]1C)c1ccccc1N2C(=O)OC(C)(C)C. The number of hydrogen-bond donors (Lipinski definition) is 0. The molecule has 1 amide bonds. The molecule has 37 heavy (non-hydrogen) atoms. The van der Waals surface area contributed by atoms with Gasteiger partial charge in [-0.3, -0.25) is 0 Å². The van der Waals surface area contributed by atoms with Crippen molar-refractivity contribution < 1.29 is 14.3 Å². The van der Waals surface area contributed by atoms with Crippen molar-refractivity contribution in [2.45, 2.75) is 39.7 Å². The van der Waals surface area contributed by atoms with E-state index in [1.807, 2.05) is 51.1 Å². The number of ether oxygens (including phenoxy) is 2. The third-order valence-corrected chi connectivity index (χ3v) is 7.28. The molecule has 0 aromatic heterocycles. The normalized spacial score (nSPS) is 18.3. The van der Waals surface area contributed by atoms with Gasteiger partial charge in [0.1, 0.15) is 11.4 Å². The first-order chi connectivity index (χ1) is 17.8. The molecular formula is C33H31NO3. The van der Waals surface area contributed by atoms with Crippen molar-refractivity contribution in [1.82, 2.24) is 0 Å². The Bertz CT molecular complexity index is 1590. The quantitative estimate of drug-likeness (QED) is 0.269. The van der Waals surface area contributed by atoms with Crippen LogP contribution in [0.5, 0.6) is 5.75 Å². The second-order valence-corrected chi connectivity index (χ2v) is 10.9. The van der Waals surface area contributed by atoms with Gasteiger partial charge in [0.15, 0.2) is 0 Å². The van der Waals surface area contributed by atoms with Gasteiger partial charge in [-0.1, -0.05) is 61.5 Å². The van der Waals surface area contributed by atoms with E-state index in [-0.39, 0.29) is 6.09 Å². The average Bonchev–Trinajstić information content (AvgIpc) is 3.21. The van der Waals surface area contributed by atoms with Gasteiger partial charge < -0.3 is 9.47 Å². The molecule has 6 rings (SSSR count). The standard InChI is InChI=1S/C33H31NO3/c1-20-18-22-15-14-21-10-6-7-11-24(21)30(22)29(20)31-25-12-8-9-13-27(25)34(32(35)37-33(2,3)4)28-17-16-23(36-5)19-26(28)31/h6-17,19-20H,18H2,1-5H3/b31-29-/t20-/m1/s1. The first kappa shape index (κ1) is 23.4. The highest BCUT2D eigenvalue weighted by Crippen LogP contribution is 2.53. The second kappa shape index (κ2) is 8.52. The zero-order valence-corrected chi connectivity index (χ0v) is 22.0. The number of amides is 1. The lowest BCUT2D eigenvalue weighted by molar-refractivity contribution is 0.0598. The summed E-state index contributed by atoms with van der Waals surface area (Å²) in [5.41, 5.74) is 8.18. The van der Waals surface area contributed by atoms with Gasteiger partial charge in [-0.2, -0.15) is 0 Å². The van der Waals surface area contributed by atoms with Crippen molar-refractivity contribution in [3.63, 3.8) is 0 Å². The Kier molecular flexibility index (Phi) is 5.38. The third kappa shape index (κ3) is 3.79. The van der Waals surface area contributed by atoms with Crippen LogP contribution in [-0.2, 0) is 11.2 Å². The van der Waals surface area contributed by atoms with E-state index in [4.69, 9.17) is 9.47 Å². The first-order valence-electron chi connectivity index (χ1n) is 12.8. The maximum absolute atomic E-state index is 13.6. The Hall–Kier alpha value is -4.05. The minimum Gasteiger partial charge on any atom is -0.497 e. The van der Waals surface area contributed by atoms with Gasteiger partial charge >= 0.3 is 6.09 Å². The molecule has 0 fully saturated rings. The van der Waals surface area contributed by atoms with Crippen LogP contribution in [0.15, 0.2) is 78.9 Å². The van der Waals surface area contributed by atoms with Crippen LogP contribution in [0.25, 0.3) is 21.9 Å². The number of nitrogens with zero attached hydrogens (tertiary/aromatic N) is 1. The lowest BCUT2D eigenvalue weighted by Gasteiger charge is -2.35. The molecule has 0 saturated carbocycles. The summed E-state index contributed by atoms with van der Waals surface area (Å²) in [6.45, 7) is 7.99. The molecule has 4 aromatic rings. The van der Waals surface area contributed by atoms with Gasteiger partial charge in [0.2, 0.25) is 0 Å². The molecule has 2 aliphatic rings. The zero-order chi connectivity index (χ0) is 25.9. The summed E-state index contributed by atoms with van der Waals surface area (Å²) in [5.74, 6) is 1.07. The van der Waals surface area contributed by atoms with Gasteiger partial charge in [-0.15, -0.1) is 0 Å². The summed E-state index contributed by atoms with van der Waals surface area (Å²) in [5, 5.41) is 2.50. The van der Waals surface area contributed by atoms with Gasteiger partial charge in [0.25, 0.3) is 0 Å². The molecule has 0 radical (unpaired) electrons. The predicted molar refractivity (Wildman–Crippen MR) is 151 cm³/mol. The Morgan fingerprint density at radius 1 is 0.892 bits per heavy atom. The number of fused-ring (bicyclic) bond motifs is 5. The molecule has 1 atom stereocenters. The summed E-state index contributed by atoms with van der Waals surface area (Å²) >= 11 is 0. The molecule has 1 aliphatic carbocycles. The van der Waals surface area contributed by atoms with Crippen molar-refractivity contribution in [2.24, 2.45) is 5.92 Å². The Balaban J connectivity index is 1.70. The lowest BCUT2D eigenvalue weighted by Crippen LogP contribution is -2.36. The average molecular weight is 490 g/mol. The van der Waals surface area contributed by atoms with Gasteiger partial charge in [0.05, 0.1) is 18.5 Å². The van der Waals surface area contributed by atoms with Gasteiger partial charge in [-0.25, -0.2) is 9.69 Å². The fourth-order valence-corrected chi connectivity index (χ4v) is 5.84. The summed E-state index contributed by atoms with van der Waals surface area (Å²) in [4.78, 5) is 15.3. The number of carbonyl (C=O) groups is 1. The van der Waals surface area contributed by atoms with Crippen LogP contribution in [0.3, 0.4) is 0 Å². The number of anilines is 2. The van der Waals surface area contributed by atoms with E-state index in [1.54, 1.807) is 12.0 Å². The molecule has 4 nitrogen and oxygen atoms in total. The summed E-state index contributed by atoms with van der Waals surface area (Å²) in [7, 11) is 1.68. The van der Waals surface area contributed by atoms with Crippen LogP contribution < -0.4 is 9.64 Å². The van der Waals surface area contributed by atoms with Crippen molar-refractivity contribution in [2.75, 3.05) is 12.0 Å². The number of para-hydroxylation sites is 1. The predicted octanol–water partition coefficient (Wildman–Crippen LogP) is 8.39. The molecule has 0 N–H and O–H groups in total. The van der Waals surface area contributed by atoms with E-state index < -0.39 is 5.60 Å². The van der Waals surface area contributed by atoms with E-state index in [2.05, 4.69) is 55.5 Å². The van der Waals surface area contributed by atoms with Crippen LogP contribution in [0.2, 0.25) is 0 Å². The monoisotopic (exact) mass is 489 g/mol. The maximum Gasteiger partial charge on any atom is 0.419 e. The van der Waals surface area contributed by atoms with Crippen molar-refractivity contribution in [3.05, 3.63) is 101 Å². The molecule has 4 aromatic carbocycles. The minimum absolute atomic E-state index is 0.316. The topological polar surface area (TPSA) is 38.8 Å². The Morgan fingerprint density at radius 2 is 1.62 bits per heavy atom. The fourth-order valence-electron chi connectivity index (χ4n) is 5.84. The number of benzene rings is 4. The minimum atomic E-state index is -0.616. The van der Waals surface area contributed by atoms with Crippen molar-refractivity contribution in [1.29, 1.82) is 0 Å². The second-order valence-electron chi connectivity index (χ2n) is 10.9. The lowest BCUT2D eigenvalue weighted by atomic mass is 9.82. The molecule has 4 heteroatoms. The van der Waals surface area contributed by atoms with E-state index in [0.29, 0.717) is 5.92 Å². The van der Waals surface area contributed by atoms with Crippen LogP contribution in [0.4, 0.5) is 16.2 Å². The molecule has 186 valence electrons. The number of rotatable bonds is 1. The maximum atomic E-state index is 13.6. The first-order valence-corrected chi connectivity index (χ1v) is 12.8. The zero-order valence-electron chi connectivity index (χ0n) is 22.0. The molecule has 0 spiro atoms. The fraction of sp³-hybridized carbons (Fsp3) is 0.242. The van der Waals surface area contributed by atoms with Crippen LogP contribution in [0.1, 0.15) is 49.9 Å². The number of carbonyl (C=O) groups excluding carboxylic acids is 1. The summed E-state index contributed by atoms with van der Waals surface area (Å²) in [6, 6.07) is 27.2. The molecule has 0 bridgehead atoms.